The number of ether oxygens (including phenoxy) is 2. The monoisotopic (exact) mass is 790 g/mol. The minimum atomic E-state index is -3.92. The summed E-state index contributed by atoms with van der Waals surface area (Å²) in [6.45, 7) is 3.88. The Morgan fingerprint density at radius 2 is 1.73 bits per heavy atom. The van der Waals surface area contributed by atoms with Crippen molar-refractivity contribution in [2.24, 2.45) is 17.8 Å². The van der Waals surface area contributed by atoms with E-state index in [1.165, 1.54) is 15.5 Å². The highest BCUT2D eigenvalue weighted by Crippen LogP contribution is 2.45. The summed E-state index contributed by atoms with van der Waals surface area (Å²) < 4.78 is 41.6. The molecule has 2 aromatic rings. The van der Waals surface area contributed by atoms with Crippen LogP contribution in [0.15, 0.2) is 53.9 Å². The molecule has 3 N–H and O–H groups in total. The van der Waals surface area contributed by atoms with Crippen molar-refractivity contribution < 1.29 is 37.1 Å². The van der Waals surface area contributed by atoms with Crippen LogP contribution in [-0.2, 0) is 35.7 Å². The van der Waals surface area contributed by atoms with Crippen molar-refractivity contribution in [1.82, 2.24) is 29.8 Å². The van der Waals surface area contributed by atoms with Gasteiger partial charge < -0.3 is 25.0 Å². The first-order chi connectivity index (χ1) is 27.0. The molecule has 6 aliphatic rings. The summed E-state index contributed by atoms with van der Waals surface area (Å²) in [7, 11) is -3.92. The van der Waals surface area contributed by atoms with Crippen molar-refractivity contribution >= 4 is 44.7 Å². The van der Waals surface area contributed by atoms with Crippen LogP contribution in [0.25, 0.3) is 10.9 Å². The van der Waals surface area contributed by atoms with Gasteiger partial charge in [-0.2, -0.15) is 4.98 Å². The highest BCUT2D eigenvalue weighted by molar-refractivity contribution is 7.91. The first-order valence-corrected chi connectivity index (χ1v) is 21.6. The molecule has 4 aliphatic carbocycles. The molecule has 15 nitrogen and oxygen atoms in total. The Kier molecular flexibility index (Phi) is 10.4. The summed E-state index contributed by atoms with van der Waals surface area (Å²) in [5.74, 6) is -2.59. The molecule has 300 valence electrons. The molecule has 2 aliphatic heterocycles. The maximum Gasteiger partial charge on any atom is 0.408 e. The van der Waals surface area contributed by atoms with E-state index < -0.39 is 68.7 Å². The summed E-state index contributed by atoms with van der Waals surface area (Å²) >= 11 is 0. The molecular formula is C40H50N6O9S. The molecule has 1 saturated heterocycles. The van der Waals surface area contributed by atoms with Crippen LogP contribution in [0.3, 0.4) is 0 Å². The number of carbonyl (C=O) groups excluding carboxylic acids is 4. The Hall–Kier alpha value is -4.73. The van der Waals surface area contributed by atoms with Crippen molar-refractivity contribution in [3.63, 3.8) is 0 Å². The molecule has 1 aromatic carbocycles. The van der Waals surface area contributed by atoms with Crippen molar-refractivity contribution in [3.05, 3.63) is 59.4 Å². The molecule has 2 bridgehead atoms. The van der Waals surface area contributed by atoms with Gasteiger partial charge >= 0.3 is 6.09 Å². The topological polar surface area (TPSA) is 195 Å². The number of rotatable bonds is 7. The average molecular weight is 791 g/mol. The maximum atomic E-state index is 14.8. The number of nitrogens with zero attached hydrogens (tertiary/aromatic N) is 3. The van der Waals surface area contributed by atoms with Crippen molar-refractivity contribution in [1.29, 1.82) is 0 Å². The molecule has 8 rings (SSSR count). The lowest BCUT2D eigenvalue weighted by molar-refractivity contribution is -0.142. The third-order valence-electron chi connectivity index (χ3n) is 12.6. The predicted octanol–water partition coefficient (Wildman–Crippen LogP) is 3.22. The van der Waals surface area contributed by atoms with Crippen molar-refractivity contribution in [3.8, 4) is 6.01 Å². The van der Waals surface area contributed by atoms with Gasteiger partial charge in [0.25, 0.3) is 17.5 Å². The number of sulfonamides is 1. The van der Waals surface area contributed by atoms with Crippen molar-refractivity contribution in [2.75, 3.05) is 6.54 Å². The van der Waals surface area contributed by atoms with Gasteiger partial charge in [-0.25, -0.2) is 13.2 Å². The molecular weight excluding hydrogens is 741 g/mol. The van der Waals surface area contributed by atoms with E-state index in [0.29, 0.717) is 43.0 Å². The molecule has 0 spiro atoms. The van der Waals surface area contributed by atoms with Crippen LogP contribution < -0.4 is 25.7 Å². The zero-order valence-electron chi connectivity index (χ0n) is 31.4. The van der Waals surface area contributed by atoms with Crippen LogP contribution >= 0.6 is 0 Å². The van der Waals surface area contributed by atoms with Gasteiger partial charge in [0.1, 0.15) is 29.8 Å². The number of fused-ring (bicyclic) bond motifs is 5. The second-order valence-corrected chi connectivity index (χ2v) is 18.3. The van der Waals surface area contributed by atoms with Crippen LogP contribution in [0, 0.1) is 17.8 Å². The molecule has 56 heavy (non-hydrogen) atoms. The molecule has 1 aromatic heterocycles. The van der Waals surface area contributed by atoms with Gasteiger partial charge in [-0.1, -0.05) is 43.2 Å². The van der Waals surface area contributed by atoms with E-state index in [1.54, 1.807) is 24.3 Å². The van der Waals surface area contributed by atoms with E-state index in [2.05, 4.69) is 21.9 Å². The smallest absolute Gasteiger partial charge is 0.408 e. The fourth-order valence-electron chi connectivity index (χ4n) is 9.19. The van der Waals surface area contributed by atoms with Crippen LogP contribution in [0.2, 0.25) is 0 Å². The minimum Gasteiger partial charge on any atom is -0.459 e. The zero-order valence-corrected chi connectivity index (χ0v) is 32.2. The highest BCUT2D eigenvalue weighted by atomic mass is 32.2. The van der Waals surface area contributed by atoms with Crippen molar-refractivity contribution in [2.45, 2.75) is 125 Å². The Morgan fingerprint density at radius 3 is 2.48 bits per heavy atom. The molecule has 4 amide bonds. The molecule has 16 heteroatoms. The third kappa shape index (κ3) is 7.55. The van der Waals surface area contributed by atoms with E-state index in [4.69, 9.17) is 14.5 Å². The first kappa shape index (κ1) is 38.2. The van der Waals surface area contributed by atoms with Gasteiger partial charge in [0.2, 0.25) is 21.8 Å². The lowest BCUT2D eigenvalue weighted by Gasteiger charge is -2.32. The number of allylic oxidation sites excluding steroid dienone is 2. The van der Waals surface area contributed by atoms with Gasteiger partial charge in [-0.15, -0.1) is 6.58 Å². The number of benzene rings is 1. The normalized spacial score (nSPS) is 31.8. The molecule has 3 heterocycles. The van der Waals surface area contributed by atoms with Gasteiger partial charge in [0.15, 0.2) is 0 Å². The third-order valence-corrected chi connectivity index (χ3v) is 14.4. The zero-order chi connectivity index (χ0) is 39.2. The second-order valence-electron chi connectivity index (χ2n) is 16.3. The summed E-state index contributed by atoms with van der Waals surface area (Å²) in [4.78, 5) is 76.4. The summed E-state index contributed by atoms with van der Waals surface area (Å²) in [5, 5.41) is 5.49. The molecule has 0 radical (unpaired) electrons. The molecule has 4 saturated carbocycles. The number of hydrogen-bond acceptors (Lipinski definition) is 10. The van der Waals surface area contributed by atoms with E-state index >= 15 is 0 Å². The number of carbonyl (C=O) groups is 4. The van der Waals surface area contributed by atoms with Crippen LogP contribution in [0.4, 0.5) is 4.79 Å². The SMILES string of the molecule is C=C[C@@H]1C[C@@]1(NC(=O)[C@@H]1C[C@@H]2CN1C(=O)[C@H](C1CCCC1)NC(=O)O[C@@H]1CCC[C@H]1CC/C=C/Cn1c(nc3ccccc3c1=O)O2)C(=O)NS(=O)(=O)C1CC1. The number of nitrogens with one attached hydrogen (secondary N) is 3. The van der Waals surface area contributed by atoms with Crippen LogP contribution in [0.5, 0.6) is 6.01 Å². The summed E-state index contributed by atoms with van der Waals surface area (Å²) in [5.41, 5.74) is -1.43. The van der Waals surface area contributed by atoms with Gasteiger partial charge in [0.05, 0.1) is 22.7 Å². The number of para-hydroxylation sites is 1. The predicted molar refractivity (Wildman–Crippen MR) is 205 cm³/mol. The van der Waals surface area contributed by atoms with E-state index in [1.807, 2.05) is 12.2 Å². The molecule has 5 fully saturated rings. The first-order valence-electron chi connectivity index (χ1n) is 20.1. The second kappa shape index (κ2) is 15.3. The average Bonchev–Trinajstić information content (AvgIpc) is 3.96. The van der Waals surface area contributed by atoms with Crippen LogP contribution in [-0.4, -0.2) is 88.3 Å². The summed E-state index contributed by atoms with van der Waals surface area (Å²) in [6.07, 6.45) is 11.9. The van der Waals surface area contributed by atoms with Gasteiger partial charge in [-0.05, 0) is 88.2 Å². The Balaban J connectivity index is 1.14. The lowest BCUT2D eigenvalue weighted by Crippen LogP contribution is -2.59. The Bertz CT molecular complexity index is 2110. The number of hydrogen-bond donors (Lipinski definition) is 3. The van der Waals surface area contributed by atoms with Crippen LogP contribution in [0.1, 0.15) is 83.5 Å². The molecule has 0 unspecified atom stereocenters. The standard InChI is InChI=1S/C40H50N6O9S/c1-2-26-22-40(26,37(50)44-56(52,53)28-18-19-28)43-34(47)31-21-27-23-46(31)36(49)33(25-12-5-6-13-25)42-39(51)55-32-17-10-14-24(32)11-4-3-9-20-45-35(48)29-15-7-8-16-30(29)41-38(45)54-27/h2-3,7-9,15-16,24-28,31-33H,1,4-6,10-14,17-23H2,(H,42,51)(H,43,47)(H,44,50)/b9-3+/t24-,26-,27-,31+,32-,33+,40+/m1/s1. The van der Waals surface area contributed by atoms with E-state index in [9.17, 15) is 32.4 Å². The maximum absolute atomic E-state index is 14.8. The Labute approximate surface area is 325 Å². The fraction of sp³-hybridized carbons (Fsp3) is 0.600. The number of alkyl carbamates (subject to hydrolysis) is 1. The van der Waals surface area contributed by atoms with Gasteiger partial charge in [-0.3, -0.25) is 28.5 Å². The highest BCUT2D eigenvalue weighted by Gasteiger charge is 2.62. The quantitative estimate of drug-likeness (QED) is 0.351. The number of aromatic nitrogens is 2. The Morgan fingerprint density at radius 1 is 0.964 bits per heavy atom. The lowest BCUT2D eigenvalue weighted by atomic mass is 9.96. The van der Waals surface area contributed by atoms with E-state index in [0.717, 1.165) is 38.5 Å². The van der Waals surface area contributed by atoms with E-state index in [-0.39, 0.29) is 55.4 Å². The minimum absolute atomic E-state index is 0.0292. The molecule has 7 atom stereocenters. The number of amides is 4. The summed E-state index contributed by atoms with van der Waals surface area (Å²) in [6, 6.07) is 4.85. The fourth-order valence-corrected chi connectivity index (χ4v) is 10.6. The van der Waals surface area contributed by atoms with Gasteiger partial charge in [0, 0.05) is 18.9 Å². The largest absolute Gasteiger partial charge is 0.459 e.